The van der Waals surface area contributed by atoms with Crippen LogP contribution < -0.4 is 10.1 Å². The van der Waals surface area contributed by atoms with E-state index in [9.17, 15) is 0 Å². The number of nitrogens with one attached hydrogen (secondary N) is 1. The second kappa shape index (κ2) is 5.96. The van der Waals surface area contributed by atoms with Crippen molar-refractivity contribution in [1.82, 2.24) is 15.3 Å². The average molecular weight is 237 g/mol. The minimum Gasteiger partial charge on any atom is -0.481 e. The van der Waals surface area contributed by atoms with Gasteiger partial charge in [-0.2, -0.15) is 0 Å². The van der Waals surface area contributed by atoms with Gasteiger partial charge in [0.25, 0.3) is 0 Å². The summed E-state index contributed by atoms with van der Waals surface area (Å²) in [4.78, 5) is 8.31. The topological polar surface area (TPSA) is 47.0 Å². The number of aromatic nitrogens is 2. The summed E-state index contributed by atoms with van der Waals surface area (Å²) >= 11 is 0. The fourth-order valence-electron chi connectivity index (χ4n) is 1.74. The normalized spacial score (nSPS) is 13.5. The molecule has 0 bridgehead atoms. The highest BCUT2D eigenvalue weighted by molar-refractivity contribution is 5.14. The molecule has 0 aromatic carbocycles. The smallest absolute Gasteiger partial charge is 0.216 e. The molecule has 96 valence electrons. The molecule has 0 aliphatic carbocycles. The predicted molar refractivity (Wildman–Crippen MR) is 69.2 cm³/mol. The highest BCUT2D eigenvalue weighted by atomic mass is 16.5. The minimum absolute atomic E-state index is 0.203. The second-order valence-electron chi connectivity index (χ2n) is 5.23. The molecule has 17 heavy (non-hydrogen) atoms. The zero-order valence-electron chi connectivity index (χ0n) is 11.4. The first-order chi connectivity index (χ1) is 7.97. The molecular weight excluding hydrogens is 214 g/mol. The fraction of sp³-hybridized carbons (Fsp3) is 0.692. The van der Waals surface area contributed by atoms with Crippen LogP contribution in [0, 0.1) is 5.41 Å². The first-order valence-electron chi connectivity index (χ1n) is 6.05. The minimum atomic E-state index is 0.203. The third-order valence-corrected chi connectivity index (χ3v) is 2.82. The van der Waals surface area contributed by atoms with Crippen LogP contribution in [0.25, 0.3) is 0 Å². The Balaban J connectivity index is 2.78. The lowest BCUT2D eigenvalue weighted by Crippen LogP contribution is -2.42. The number of rotatable bonds is 5. The highest BCUT2D eigenvalue weighted by Crippen LogP contribution is 2.22. The molecule has 0 radical (unpaired) electrons. The van der Waals surface area contributed by atoms with Crippen molar-refractivity contribution in [3.05, 3.63) is 18.1 Å². The molecule has 0 aliphatic rings. The van der Waals surface area contributed by atoms with E-state index in [0.717, 1.165) is 18.7 Å². The standard InChI is InChI=1S/C13H23N3O/c1-6-14-11(13(2,3)4)7-10-8-12(17-5)16-9-15-10/h8-9,11,14H,6-7H2,1-5H3. The van der Waals surface area contributed by atoms with Gasteiger partial charge >= 0.3 is 0 Å². The van der Waals surface area contributed by atoms with Gasteiger partial charge in [0.2, 0.25) is 5.88 Å². The van der Waals surface area contributed by atoms with E-state index in [4.69, 9.17) is 4.74 Å². The maximum Gasteiger partial charge on any atom is 0.216 e. The third-order valence-electron chi connectivity index (χ3n) is 2.82. The van der Waals surface area contributed by atoms with Crippen LogP contribution in [-0.2, 0) is 6.42 Å². The van der Waals surface area contributed by atoms with E-state index in [-0.39, 0.29) is 5.41 Å². The molecule has 0 saturated carbocycles. The Labute approximate surface area is 104 Å². The first kappa shape index (κ1) is 13.9. The summed E-state index contributed by atoms with van der Waals surface area (Å²) in [5, 5.41) is 3.51. The van der Waals surface area contributed by atoms with Crippen molar-refractivity contribution in [3.63, 3.8) is 0 Å². The molecule has 0 amide bonds. The van der Waals surface area contributed by atoms with Gasteiger partial charge in [-0.25, -0.2) is 9.97 Å². The van der Waals surface area contributed by atoms with E-state index in [2.05, 4.69) is 43.0 Å². The summed E-state index contributed by atoms with van der Waals surface area (Å²) in [6.07, 6.45) is 2.44. The Morgan fingerprint density at radius 1 is 1.35 bits per heavy atom. The van der Waals surface area contributed by atoms with Crippen LogP contribution in [0.1, 0.15) is 33.4 Å². The van der Waals surface area contributed by atoms with Gasteiger partial charge in [0.1, 0.15) is 6.33 Å². The number of ether oxygens (including phenoxy) is 1. The number of likely N-dealkylation sites (N-methyl/N-ethyl adjacent to an activating group) is 1. The lowest BCUT2D eigenvalue weighted by atomic mass is 9.84. The molecule has 0 spiro atoms. The SMILES string of the molecule is CCNC(Cc1cc(OC)ncn1)C(C)(C)C. The Kier molecular flexibility index (Phi) is 4.87. The van der Waals surface area contributed by atoms with E-state index >= 15 is 0 Å². The van der Waals surface area contributed by atoms with Crippen molar-refractivity contribution >= 4 is 0 Å². The molecule has 1 atom stereocenters. The van der Waals surface area contributed by atoms with E-state index in [1.165, 1.54) is 0 Å². The van der Waals surface area contributed by atoms with Crippen LogP contribution in [-0.4, -0.2) is 29.7 Å². The lowest BCUT2D eigenvalue weighted by Gasteiger charge is -2.31. The summed E-state index contributed by atoms with van der Waals surface area (Å²) in [6, 6.07) is 2.29. The van der Waals surface area contributed by atoms with Gasteiger partial charge in [-0.15, -0.1) is 0 Å². The first-order valence-corrected chi connectivity index (χ1v) is 6.05. The van der Waals surface area contributed by atoms with Gasteiger partial charge in [0.05, 0.1) is 7.11 Å². The van der Waals surface area contributed by atoms with Crippen LogP contribution in [0.15, 0.2) is 12.4 Å². The van der Waals surface area contributed by atoms with Gasteiger partial charge in [0.15, 0.2) is 0 Å². The summed E-state index contributed by atoms with van der Waals surface area (Å²) in [7, 11) is 1.62. The van der Waals surface area contributed by atoms with Gasteiger partial charge in [-0.3, -0.25) is 0 Å². The molecule has 0 fully saturated rings. The second-order valence-corrected chi connectivity index (χ2v) is 5.23. The Hall–Kier alpha value is -1.16. The van der Waals surface area contributed by atoms with Gasteiger partial charge in [-0.1, -0.05) is 27.7 Å². The number of hydrogen-bond donors (Lipinski definition) is 1. The van der Waals surface area contributed by atoms with Gasteiger partial charge in [0, 0.05) is 24.2 Å². The van der Waals surface area contributed by atoms with Gasteiger partial charge < -0.3 is 10.1 Å². The zero-order chi connectivity index (χ0) is 12.9. The molecule has 1 heterocycles. The molecule has 4 nitrogen and oxygen atoms in total. The monoisotopic (exact) mass is 237 g/mol. The Bertz CT molecular complexity index is 347. The maximum absolute atomic E-state index is 5.11. The number of methoxy groups -OCH3 is 1. The van der Waals surface area contributed by atoms with Crippen LogP contribution in [0.4, 0.5) is 0 Å². The fourth-order valence-corrected chi connectivity index (χ4v) is 1.74. The highest BCUT2D eigenvalue weighted by Gasteiger charge is 2.24. The van der Waals surface area contributed by atoms with Crippen LogP contribution in [0.3, 0.4) is 0 Å². The van der Waals surface area contributed by atoms with Gasteiger partial charge in [-0.05, 0) is 12.0 Å². The predicted octanol–water partition coefficient (Wildman–Crippen LogP) is 2.05. The molecule has 1 N–H and O–H groups in total. The third kappa shape index (κ3) is 4.30. The summed E-state index contributed by atoms with van der Waals surface area (Å²) < 4.78 is 5.11. The summed E-state index contributed by atoms with van der Waals surface area (Å²) in [5.41, 5.74) is 1.21. The van der Waals surface area contributed by atoms with Crippen molar-refractivity contribution in [2.24, 2.45) is 5.41 Å². The molecule has 1 unspecified atom stereocenters. The molecular formula is C13H23N3O. The molecule has 1 aromatic heterocycles. The van der Waals surface area contributed by atoms with E-state index < -0.39 is 0 Å². The van der Waals surface area contributed by atoms with Crippen molar-refractivity contribution in [1.29, 1.82) is 0 Å². The Morgan fingerprint density at radius 2 is 2.06 bits per heavy atom. The molecule has 0 aliphatic heterocycles. The quantitative estimate of drug-likeness (QED) is 0.851. The number of nitrogens with zero attached hydrogens (tertiary/aromatic N) is 2. The van der Waals surface area contributed by atoms with Crippen molar-refractivity contribution < 1.29 is 4.74 Å². The lowest BCUT2D eigenvalue weighted by molar-refractivity contribution is 0.268. The van der Waals surface area contributed by atoms with Crippen molar-refractivity contribution in [2.75, 3.05) is 13.7 Å². The van der Waals surface area contributed by atoms with Crippen LogP contribution in [0.2, 0.25) is 0 Å². The van der Waals surface area contributed by atoms with Crippen LogP contribution in [0.5, 0.6) is 5.88 Å². The van der Waals surface area contributed by atoms with E-state index in [1.54, 1.807) is 13.4 Å². The van der Waals surface area contributed by atoms with Crippen molar-refractivity contribution in [3.8, 4) is 5.88 Å². The average Bonchev–Trinajstić information content (AvgIpc) is 2.27. The van der Waals surface area contributed by atoms with Crippen LogP contribution >= 0.6 is 0 Å². The maximum atomic E-state index is 5.11. The molecule has 1 rings (SSSR count). The van der Waals surface area contributed by atoms with E-state index in [1.807, 2.05) is 6.07 Å². The largest absolute Gasteiger partial charge is 0.481 e. The summed E-state index contributed by atoms with van der Waals surface area (Å²) in [6.45, 7) is 9.79. The van der Waals surface area contributed by atoms with E-state index in [0.29, 0.717) is 11.9 Å². The Morgan fingerprint density at radius 3 is 2.59 bits per heavy atom. The molecule has 1 aromatic rings. The molecule has 4 heteroatoms. The van der Waals surface area contributed by atoms with Crippen molar-refractivity contribution in [2.45, 2.75) is 40.2 Å². The summed E-state index contributed by atoms with van der Waals surface area (Å²) in [5.74, 6) is 0.624. The molecule has 0 saturated heterocycles. The zero-order valence-corrected chi connectivity index (χ0v) is 11.4. The number of hydrogen-bond acceptors (Lipinski definition) is 4.